The number of amides is 2. The molecule has 0 radical (unpaired) electrons. The molecule has 1 aliphatic rings. The van der Waals surface area contributed by atoms with Crippen LogP contribution in [0.3, 0.4) is 0 Å². The fraction of sp³-hybridized carbons (Fsp3) is 0.231. The Labute approximate surface area is 193 Å². The van der Waals surface area contributed by atoms with Gasteiger partial charge in [-0.3, -0.25) is 9.59 Å². The van der Waals surface area contributed by atoms with Gasteiger partial charge in [0.15, 0.2) is 0 Å². The van der Waals surface area contributed by atoms with Crippen LogP contribution in [0.1, 0.15) is 33.6 Å². The van der Waals surface area contributed by atoms with Crippen molar-refractivity contribution in [3.8, 4) is 16.9 Å². The lowest BCUT2D eigenvalue weighted by atomic mass is 10.0. The summed E-state index contributed by atoms with van der Waals surface area (Å²) in [6.07, 6.45) is 1.46. The predicted molar refractivity (Wildman–Crippen MR) is 126 cm³/mol. The number of carbonyl (C=O) groups excluding carboxylic acids is 2. The molecule has 0 unspecified atom stereocenters. The van der Waals surface area contributed by atoms with Crippen LogP contribution in [0.4, 0.5) is 0 Å². The first-order valence-electron chi connectivity index (χ1n) is 10.6. The van der Waals surface area contributed by atoms with E-state index >= 15 is 0 Å². The van der Waals surface area contributed by atoms with E-state index in [0.29, 0.717) is 29.2 Å². The second-order valence-electron chi connectivity index (χ2n) is 7.86. The van der Waals surface area contributed by atoms with Gasteiger partial charge < -0.3 is 15.0 Å². The number of halogens is 1. The van der Waals surface area contributed by atoms with Crippen LogP contribution in [0.5, 0.6) is 5.75 Å². The smallest absolute Gasteiger partial charge is 0.253 e. The van der Waals surface area contributed by atoms with Crippen molar-refractivity contribution in [2.24, 2.45) is 0 Å². The van der Waals surface area contributed by atoms with Gasteiger partial charge in [-0.1, -0.05) is 35.9 Å². The van der Waals surface area contributed by atoms with E-state index in [0.717, 1.165) is 29.7 Å². The topological polar surface area (TPSA) is 58.6 Å². The number of rotatable bonds is 5. The third-order valence-corrected chi connectivity index (χ3v) is 6.01. The Balaban J connectivity index is 1.33. The van der Waals surface area contributed by atoms with Crippen LogP contribution in [-0.2, 0) is 0 Å². The molecule has 5 nitrogen and oxygen atoms in total. The molecule has 1 fully saturated rings. The first kappa shape index (κ1) is 21.9. The molecule has 0 bridgehead atoms. The maximum Gasteiger partial charge on any atom is 0.253 e. The minimum absolute atomic E-state index is 0.0182. The van der Waals surface area contributed by atoms with Gasteiger partial charge in [-0.05, 0) is 72.5 Å². The van der Waals surface area contributed by atoms with E-state index in [1.54, 1.807) is 31.4 Å². The van der Waals surface area contributed by atoms with Gasteiger partial charge in [0.25, 0.3) is 11.8 Å². The van der Waals surface area contributed by atoms with Crippen LogP contribution in [0.2, 0.25) is 5.02 Å². The average Bonchev–Trinajstić information content (AvgIpc) is 2.84. The summed E-state index contributed by atoms with van der Waals surface area (Å²) in [5.74, 6) is 0.706. The number of methoxy groups -OCH3 is 1. The van der Waals surface area contributed by atoms with Gasteiger partial charge in [0.1, 0.15) is 5.75 Å². The van der Waals surface area contributed by atoms with E-state index < -0.39 is 0 Å². The molecule has 0 atom stereocenters. The first-order valence-corrected chi connectivity index (χ1v) is 11.0. The number of hydrogen-bond donors (Lipinski definition) is 1. The summed E-state index contributed by atoms with van der Waals surface area (Å²) < 4.78 is 5.29. The molecule has 3 aromatic rings. The normalized spacial score (nSPS) is 14.1. The summed E-state index contributed by atoms with van der Waals surface area (Å²) in [5, 5.41) is 3.66. The lowest BCUT2D eigenvalue weighted by molar-refractivity contribution is 0.0698. The van der Waals surface area contributed by atoms with Crippen molar-refractivity contribution in [3.05, 3.63) is 88.9 Å². The van der Waals surface area contributed by atoms with E-state index in [2.05, 4.69) is 5.32 Å². The molecule has 0 aliphatic carbocycles. The number of ether oxygens (including phenoxy) is 1. The minimum atomic E-state index is -0.112. The highest BCUT2D eigenvalue weighted by molar-refractivity contribution is 6.30. The van der Waals surface area contributed by atoms with Crippen molar-refractivity contribution in [2.45, 2.75) is 18.9 Å². The summed E-state index contributed by atoms with van der Waals surface area (Å²) in [7, 11) is 1.65. The number of nitrogens with zero attached hydrogens (tertiary/aromatic N) is 1. The van der Waals surface area contributed by atoms with Gasteiger partial charge in [0.2, 0.25) is 0 Å². The zero-order chi connectivity index (χ0) is 22.5. The number of hydrogen-bond acceptors (Lipinski definition) is 3. The van der Waals surface area contributed by atoms with Crippen LogP contribution in [-0.4, -0.2) is 43.0 Å². The van der Waals surface area contributed by atoms with Crippen LogP contribution >= 0.6 is 11.6 Å². The first-order chi connectivity index (χ1) is 15.5. The Morgan fingerprint density at radius 1 is 0.906 bits per heavy atom. The SMILES string of the molecule is COc1cccc(-c2ccc(C(=O)N3CCC(NC(=O)c4ccc(Cl)cc4)CC3)cc2)c1. The largest absolute Gasteiger partial charge is 0.497 e. The van der Waals surface area contributed by atoms with Crippen molar-refractivity contribution in [1.82, 2.24) is 10.2 Å². The molecule has 1 N–H and O–H groups in total. The Morgan fingerprint density at radius 2 is 1.56 bits per heavy atom. The standard InChI is InChI=1S/C26H25ClN2O3/c1-32-24-4-2-3-21(17-24)18-5-7-20(8-6-18)26(31)29-15-13-23(14-16-29)28-25(30)19-9-11-22(27)12-10-19/h2-12,17,23H,13-16H2,1H3,(H,28,30). The fourth-order valence-corrected chi connectivity index (χ4v) is 4.01. The molecule has 0 aromatic heterocycles. The number of likely N-dealkylation sites (tertiary alicyclic amines) is 1. The molecule has 1 saturated heterocycles. The molecule has 2 amide bonds. The van der Waals surface area contributed by atoms with E-state index in [1.165, 1.54) is 0 Å². The highest BCUT2D eigenvalue weighted by atomic mass is 35.5. The summed E-state index contributed by atoms with van der Waals surface area (Å²) in [5.41, 5.74) is 3.33. The summed E-state index contributed by atoms with van der Waals surface area (Å²) in [6, 6.07) is 22.4. The zero-order valence-corrected chi connectivity index (χ0v) is 18.6. The minimum Gasteiger partial charge on any atom is -0.497 e. The van der Waals surface area contributed by atoms with E-state index in [1.807, 2.05) is 53.4 Å². The van der Waals surface area contributed by atoms with Crippen LogP contribution in [0, 0.1) is 0 Å². The molecule has 1 aliphatic heterocycles. The summed E-state index contributed by atoms with van der Waals surface area (Å²) >= 11 is 5.88. The van der Waals surface area contributed by atoms with Crippen molar-refractivity contribution >= 4 is 23.4 Å². The second kappa shape index (κ2) is 9.88. The molecule has 6 heteroatoms. The average molecular weight is 449 g/mol. The molecule has 164 valence electrons. The maximum atomic E-state index is 12.9. The fourth-order valence-electron chi connectivity index (χ4n) is 3.89. The second-order valence-corrected chi connectivity index (χ2v) is 8.29. The predicted octanol–water partition coefficient (Wildman–Crippen LogP) is 5.05. The third-order valence-electron chi connectivity index (χ3n) is 5.76. The highest BCUT2D eigenvalue weighted by Crippen LogP contribution is 2.25. The van der Waals surface area contributed by atoms with E-state index in [4.69, 9.17) is 16.3 Å². The Hall–Kier alpha value is -3.31. The molecule has 0 saturated carbocycles. The lowest BCUT2D eigenvalue weighted by Crippen LogP contribution is -2.46. The van der Waals surface area contributed by atoms with Crippen molar-refractivity contribution in [3.63, 3.8) is 0 Å². The zero-order valence-electron chi connectivity index (χ0n) is 17.9. The number of nitrogens with one attached hydrogen (secondary N) is 1. The number of carbonyl (C=O) groups is 2. The summed E-state index contributed by atoms with van der Waals surface area (Å²) in [6.45, 7) is 1.23. The van der Waals surface area contributed by atoms with Crippen molar-refractivity contribution < 1.29 is 14.3 Å². The van der Waals surface area contributed by atoms with E-state index in [9.17, 15) is 9.59 Å². The van der Waals surface area contributed by atoms with Gasteiger partial charge in [-0.25, -0.2) is 0 Å². The quantitative estimate of drug-likeness (QED) is 0.594. The molecule has 0 spiro atoms. The molecule has 3 aromatic carbocycles. The van der Waals surface area contributed by atoms with Crippen LogP contribution in [0.15, 0.2) is 72.8 Å². The molecule has 1 heterocycles. The Bertz CT molecular complexity index is 1090. The number of piperidine rings is 1. The van der Waals surface area contributed by atoms with Gasteiger partial charge in [0.05, 0.1) is 7.11 Å². The molecular formula is C26H25ClN2O3. The van der Waals surface area contributed by atoms with Gasteiger partial charge in [-0.2, -0.15) is 0 Å². The third kappa shape index (κ3) is 5.11. The molecular weight excluding hydrogens is 424 g/mol. The maximum absolute atomic E-state index is 12.9. The number of benzene rings is 3. The Morgan fingerprint density at radius 3 is 2.22 bits per heavy atom. The van der Waals surface area contributed by atoms with Crippen molar-refractivity contribution in [1.29, 1.82) is 0 Å². The highest BCUT2D eigenvalue weighted by Gasteiger charge is 2.25. The Kier molecular flexibility index (Phi) is 6.76. The lowest BCUT2D eigenvalue weighted by Gasteiger charge is -2.32. The molecule has 4 rings (SSSR count). The van der Waals surface area contributed by atoms with Crippen molar-refractivity contribution in [2.75, 3.05) is 20.2 Å². The van der Waals surface area contributed by atoms with Gasteiger partial charge >= 0.3 is 0 Å². The monoisotopic (exact) mass is 448 g/mol. The summed E-state index contributed by atoms with van der Waals surface area (Å²) in [4.78, 5) is 27.2. The van der Waals surface area contributed by atoms with Gasteiger partial charge in [-0.15, -0.1) is 0 Å². The molecule has 32 heavy (non-hydrogen) atoms. The van der Waals surface area contributed by atoms with Gasteiger partial charge in [0, 0.05) is 35.3 Å². The van der Waals surface area contributed by atoms with Crippen LogP contribution in [0.25, 0.3) is 11.1 Å². The van der Waals surface area contributed by atoms with Crippen LogP contribution < -0.4 is 10.1 Å². The van der Waals surface area contributed by atoms with E-state index in [-0.39, 0.29) is 17.9 Å².